The minimum atomic E-state index is 0.245. The van der Waals surface area contributed by atoms with Gasteiger partial charge in [0, 0.05) is 37.9 Å². The molecule has 1 aromatic heterocycles. The molecule has 4 heteroatoms. The van der Waals surface area contributed by atoms with Crippen LogP contribution in [0, 0.1) is 0 Å². The van der Waals surface area contributed by atoms with Gasteiger partial charge in [-0.2, -0.15) is 0 Å². The second-order valence-electron chi connectivity index (χ2n) is 5.43. The van der Waals surface area contributed by atoms with Crippen molar-refractivity contribution in [3.05, 3.63) is 29.0 Å². The molecule has 2 heterocycles. The summed E-state index contributed by atoms with van der Waals surface area (Å²) in [5.41, 5.74) is 1.49. The molecular weight excluding hydrogens is 234 g/mol. The quantitative estimate of drug-likeness (QED) is 0.754. The Bertz CT molecular complexity index is 392. The number of hydrogen-bond donors (Lipinski definition) is 0. The van der Waals surface area contributed by atoms with E-state index in [0.717, 1.165) is 26.2 Å². The van der Waals surface area contributed by atoms with Crippen LogP contribution >= 0.6 is 11.6 Å². The first-order valence-electron chi connectivity index (χ1n) is 6.01. The van der Waals surface area contributed by atoms with Crippen molar-refractivity contribution in [1.29, 1.82) is 0 Å². The summed E-state index contributed by atoms with van der Waals surface area (Å²) >= 11 is 5.90. The molecule has 1 aliphatic heterocycles. The molecule has 17 heavy (non-hydrogen) atoms. The van der Waals surface area contributed by atoms with Crippen molar-refractivity contribution in [3.8, 4) is 0 Å². The van der Waals surface area contributed by atoms with Crippen molar-refractivity contribution in [1.82, 2.24) is 14.8 Å². The third-order valence-corrected chi connectivity index (χ3v) is 3.80. The number of aromatic nitrogens is 1. The van der Waals surface area contributed by atoms with Crippen LogP contribution in [0.4, 0.5) is 0 Å². The Hall–Kier alpha value is -0.640. The van der Waals surface area contributed by atoms with Gasteiger partial charge in [0.05, 0.1) is 0 Å². The van der Waals surface area contributed by atoms with Crippen molar-refractivity contribution < 1.29 is 0 Å². The number of hydrogen-bond acceptors (Lipinski definition) is 3. The van der Waals surface area contributed by atoms with Crippen LogP contribution in [0.5, 0.6) is 0 Å². The summed E-state index contributed by atoms with van der Waals surface area (Å²) in [6.45, 7) is 8.85. The Balaban J connectivity index is 2.01. The van der Waals surface area contributed by atoms with Crippen molar-refractivity contribution in [2.75, 3.05) is 26.7 Å². The average molecular weight is 254 g/mol. The Morgan fingerprint density at radius 3 is 2.82 bits per heavy atom. The van der Waals surface area contributed by atoms with Crippen LogP contribution in [-0.4, -0.2) is 47.0 Å². The Morgan fingerprint density at radius 2 is 2.18 bits per heavy atom. The molecule has 0 atom stereocenters. The van der Waals surface area contributed by atoms with E-state index in [-0.39, 0.29) is 5.54 Å². The molecule has 0 saturated carbocycles. The molecule has 0 aliphatic carbocycles. The van der Waals surface area contributed by atoms with Gasteiger partial charge in [-0.3, -0.25) is 9.80 Å². The third kappa shape index (κ3) is 3.18. The maximum atomic E-state index is 5.90. The zero-order chi connectivity index (χ0) is 12.5. The highest BCUT2D eigenvalue weighted by atomic mass is 35.5. The molecule has 94 valence electrons. The van der Waals surface area contributed by atoms with Gasteiger partial charge in [-0.05, 0) is 38.6 Å². The van der Waals surface area contributed by atoms with Crippen LogP contribution in [0.3, 0.4) is 0 Å². The van der Waals surface area contributed by atoms with E-state index in [1.807, 2.05) is 12.1 Å². The SMILES string of the molecule is CN1CCN(Cc2ccnc(Cl)c2)CC1(C)C. The van der Waals surface area contributed by atoms with Gasteiger partial charge in [0.25, 0.3) is 0 Å². The average Bonchev–Trinajstić information content (AvgIpc) is 2.23. The van der Waals surface area contributed by atoms with E-state index < -0.39 is 0 Å². The number of pyridine rings is 1. The van der Waals surface area contributed by atoms with Crippen molar-refractivity contribution in [2.24, 2.45) is 0 Å². The lowest BCUT2D eigenvalue weighted by Crippen LogP contribution is -2.57. The van der Waals surface area contributed by atoms with Crippen LogP contribution in [-0.2, 0) is 6.54 Å². The predicted octanol–water partition coefficient (Wildman–Crippen LogP) is 2.26. The van der Waals surface area contributed by atoms with E-state index in [1.54, 1.807) is 6.20 Å². The summed E-state index contributed by atoms with van der Waals surface area (Å²) in [5, 5.41) is 0.580. The van der Waals surface area contributed by atoms with E-state index in [1.165, 1.54) is 5.56 Å². The number of likely N-dealkylation sites (N-methyl/N-ethyl adjacent to an activating group) is 1. The molecule has 0 aromatic carbocycles. The topological polar surface area (TPSA) is 19.4 Å². The van der Waals surface area contributed by atoms with Crippen LogP contribution in [0.1, 0.15) is 19.4 Å². The lowest BCUT2D eigenvalue weighted by molar-refractivity contribution is 0.0360. The molecule has 1 aliphatic rings. The fourth-order valence-electron chi connectivity index (χ4n) is 2.28. The standard InChI is InChI=1S/C13H20ClN3/c1-13(2)10-17(7-6-16(13)3)9-11-4-5-15-12(14)8-11/h4-5,8H,6-7,9-10H2,1-3H3. The monoisotopic (exact) mass is 253 g/mol. The summed E-state index contributed by atoms with van der Waals surface area (Å²) < 4.78 is 0. The second kappa shape index (κ2) is 4.92. The van der Waals surface area contributed by atoms with Crippen molar-refractivity contribution in [2.45, 2.75) is 25.9 Å². The van der Waals surface area contributed by atoms with Gasteiger partial charge < -0.3 is 0 Å². The minimum absolute atomic E-state index is 0.245. The van der Waals surface area contributed by atoms with Gasteiger partial charge in [-0.25, -0.2) is 4.98 Å². The van der Waals surface area contributed by atoms with E-state index in [9.17, 15) is 0 Å². The Labute approximate surface area is 108 Å². The summed E-state index contributed by atoms with van der Waals surface area (Å²) in [6, 6.07) is 3.99. The Kier molecular flexibility index (Phi) is 3.71. The summed E-state index contributed by atoms with van der Waals surface area (Å²) in [5.74, 6) is 0. The zero-order valence-electron chi connectivity index (χ0n) is 10.8. The molecular formula is C13H20ClN3. The lowest BCUT2D eigenvalue weighted by Gasteiger charge is -2.45. The first kappa shape index (κ1) is 12.8. The molecule has 0 radical (unpaired) electrons. The van der Waals surface area contributed by atoms with E-state index in [2.05, 4.69) is 35.7 Å². The van der Waals surface area contributed by atoms with Crippen LogP contribution < -0.4 is 0 Å². The summed E-state index contributed by atoms with van der Waals surface area (Å²) in [6.07, 6.45) is 1.78. The van der Waals surface area contributed by atoms with Gasteiger partial charge in [-0.15, -0.1) is 0 Å². The van der Waals surface area contributed by atoms with Crippen molar-refractivity contribution in [3.63, 3.8) is 0 Å². The highest BCUT2D eigenvalue weighted by Gasteiger charge is 2.30. The van der Waals surface area contributed by atoms with E-state index in [0.29, 0.717) is 5.15 Å². The zero-order valence-corrected chi connectivity index (χ0v) is 11.5. The molecule has 0 bridgehead atoms. The molecule has 0 spiro atoms. The molecule has 0 unspecified atom stereocenters. The fourth-order valence-corrected chi connectivity index (χ4v) is 2.47. The van der Waals surface area contributed by atoms with E-state index >= 15 is 0 Å². The lowest BCUT2D eigenvalue weighted by atomic mass is 9.99. The second-order valence-corrected chi connectivity index (χ2v) is 5.82. The number of halogens is 1. The number of rotatable bonds is 2. The smallest absolute Gasteiger partial charge is 0.129 e. The fraction of sp³-hybridized carbons (Fsp3) is 0.615. The van der Waals surface area contributed by atoms with E-state index in [4.69, 9.17) is 11.6 Å². The maximum Gasteiger partial charge on any atom is 0.129 e. The number of piperazine rings is 1. The third-order valence-electron chi connectivity index (χ3n) is 3.59. The molecule has 1 fully saturated rings. The highest BCUT2D eigenvalue weighted by Crippen LogP contribution is 2.20. The first-order valence-corrected chi connectivity index (χ1v) is 6.39. The molecule has 1 saturated heterocycles. The highest BCUT2D eigenvalue weighted by molar-refractivity contribution is 6.29. The summed E-state index contributed by atoms with van der Waals surface area (Å²) in [7, 11) is 2.20. The van der Waals surface area contributed by atoms with Gasteiger partial charge in [0.1, 0.15) is 5.15 Å². The van der Waals surface area contributed by atoms with Gasteiger partial charge in [0.2, 0.25) is 0 Å². The molecule has 1 aromatic rings. The molecule has 2 rings (SSSR count). The molecule has 0 N–H and O–H groups in total. The predicted molar refractivity (Wildman–Crippen MR) is 71.2 cm³/mol. The van der Waals surface area contributed by atoms with Gasteiger partial charge >= 0.3 is 0 Å². The summed E-state index contributed by atoms with van der Waals surface area (Å²) in [4.78, 5) is 8.91. The van der Waals surface area contributed by atoms with Crippen LogP contribution in [0.25, 0.3) is 0 Å². The van der Waals surface area contributed by atoms with Crippen molar-refractivity contribution >= 4 is 11.6 Å². The maximum absolute atomic E-state index is 5.90. The van der Waals surface area contributed by atoms with Gasteiger partial charge in [0.15, 0.2) is 0 Å². The number of nitrogens with zero attached hydrogens (tertiary/aromatic N) is 3. The minimum Gasteiger partial charge on any atom is -0.299 e. The largest absolute Gasteiger partial charge is 0.299 e. The molecule has 0 amide bonds. The van der Waals surface area contributed by atoms with Crippen LogP contribution in [0.15, 0.2) is 18.3 Å². The Morgan fingerprint density at radius 1 is 1.41 bits per heavy atom. The van der Waals surface area contributed by atoms with Gasteiger partial charge in [-0.1, -0.05) is 11.6 Å². The first-order chi connectivity index (χ1) is 7.97. The van der Waals surface area contributed by atoms with Crippen LogP contribution in [0.2, 0.25) is 5.15 Å². The molecule has 3 nitrogen and oxygen atoms in total. The normalized spacial score (nSPS) is 21.6.